The van der Waals surface area contributed by atoms with Gasteiger partial charge in [0.2, 0.25) is 0 Å². The molecule has 0 aliphatic heterocycles. The van der Waals surface area contributed by atoms with Crippen molar-refractivity contribution in [3.8, 4) is 5.75 Å². The molecule has 0 spiro atoms. The molecule has 3 aromatic carbocycles. The first-order valence-electron chi connectivity index (χ1n) is 7.03. The summed E-state index contributed by atoms with van der Waals surface area (Å²) < 4.78 is 20.9. The van der Waals surface area contributed by atoms with Gasteiger partial charge in [0.1, 0.15) is 11.6 Å². The number of nitrogens with one attached hydrogen (secondary N) is 1. The van der Waals surface area contributed by atoms with Crippen molar-refractivity contribution in [2.75, 3.05) is 6.61 Å². The number of benzene rings is 3. The van der Waals surface area contributed by atoms with E-state index in [-0.39, 0.29) is 18.3 Å². The first-order chi connectivity index (χ1) is 11.2. The average molecular weight is 327 g/mol. The minimum Gasteiger partial charge on any atom is -0.484 e. The zero-order valence-electron chi connectivity index (χ0n) is 12.2. The third-order valence-electron chi connectivity index (χ3n) is 3.19. The lowest BCUT2D eigenvalue weighted by molar-refractivity contribution is -0.121. The van der Waals surface area contributed by atoms with Crippen LogP contribution in [0.4, 0.5) is 4.39 Å². The molecular formula is C18H14FNO2S. The number of hydrogen-bond acceptors (Lipinski definition) is 3. The zero-order valence-corrected chi connectivity index (χ0v) is 13.0. The Hall–Kier alpha value is -2.53. The van der Waals surface area contributed by atoms with Crippen LogP contribution in [0.5, 0.6) is 5.75 Å². The molecule has 3 rings (SSSR count). The molecule has 0 saturated carbocycles. The van der Waals surface area contributed by atoms with E-state index in [4.69, 9.17) is 4.74 Å². The second kappa shape index (κ2) is 7.15. The summed E-state index contributed by atoms with van der Waals surface area (Å²) >= 11 is 1.13. The molecule has 0 aliphatic carbocycles. The second-order valence-electron chi connectivity index (χ2n) is 4.88. The van der Waals surface area contributed by atoms with E-state index in [0.717, 1.165) is 27.6 Å². The van der Waals surface area contributed by atoms with Gasteiger partial charge in [0.25, 0.3) is 5.91 Å². The highest BCUT2D eigenvalue weighted by molar-refractivity contribution is 7.98. The van der Waals surface area contributed by atoms with Crippen molar-refractivity contribution < 1.29 is 13.9 Å². The SMILES string of the molecule is O=C(COc1ccc2ccccc2c1)NSc1ccc(F)cc1. The summed E-state index contributed by atoms with van der Waals surface area (Å²) in [7, 11) is 0. The molecule has 1 N–H and O–H groups in total. The Labute approximate surface area is 137 Å². The summed E-state index contributed by atoms with van der Waals surface area (Å²) in [5.74, 6) is 0.0819. The van der Waals surface area contributed by atoms with Gasteiger partial charge in [-0.2, -0.15) is 0 Å². The predicted octanol–water partition coefficient (Wildman–Crippen LogP) is 4.18. The summed E-state index contributed by atoms with van der Waals surface area (Å²) in [6, 6.07) is 19.5. The summed E-state index contributed by atoms with van der Waals surface area (Å²) in [5, 5.41) is 2.18. The van der Waals surface area contributed by atoms with Crippen LogP contribution in [0.3, 0.4) is 0 Å². The molecule has 116 valence electrons. The summed E-state index contributed by atoms with van der Waals surface area (Å²) in [6.45, 7) is -0.0769. The van der Waals surface area contributed by atoms with E-state index in [1.807, 2.05) is 42.5 Å². The minimum atomic E-state index is -0.305. The van der Waals surface area contributed by atoms with E-state index in [2.05, 4.69) is 4.72 Å². The fourth-order valence-corrected chi connectivity index (χ4v) is 2.62. The van der Waals surface area contributed by atoms with Crippen molar-refractivity contribution >= 4 is 28.6 Å². The highest BCUT2D eigenvalue weighted by Gasteiger charge is 2.04. The quantitative estimate of drug-likeness (QED) is 0.714. The van der Waals surface area contributed by atoms with E-state index in [9.17, 15) is 9.18 Å². The molecule has 0 saturated heterocycles. The van der Waals surface area contributed by atoms with Crippen molar-refractivity contribution in [3.05, 3.63) is 72.5 Å². The van der Waals surface area contributed by atoms with E-state index in [1.54, 1.807) is 12.1 Å². The van der Waals surface area contributed by atoms with Crippen molar-refractivity contribution in [1.82, 2.24) is 4.72 Å². The van der Waals surface area contributed by atoms with E-state index in [1.165, 1.54) is 12.1 Å². The topological polar surface area (TPSA) is 38.3 Å². The number of rotatable bonds is 5. The number of amides is 1. The third-order valence-corrected chi connectivity index (χ3v) is 4.02. The molecule has 5 heteroatoms. The van der Waals surface area contributed by atoms with Crippen LogP contribution >= 0.6 is 11.9 Å². The van der Waals surface area contributed by atoms with Crippen molar-refractivity contribution in [2.45, 2.75) is 4.90 Å². The van der Waals surface area contributed by atoms with Crippen LogP contribution in [-0.4, -0.2) is 12.5 Å². The fourth-order valence-electron chi connectivity index (χ4n) is 2.05. The number of halogens is 1. The molecule has 0 bridgehead atoms. The maximum absolute atomic E-state index is 12.8. The molecular weight excluding hydrogens is 313 g/mol. The Morgan fingerprint density at radius 2 is 1.74 bits per heavy atom. The highest BCUT2D eigenvalue weighted by atomic mass is 32.2. The number of hydrogen-bond donors (Lipinski definition) is 1. The highest BCUT2D eigenvalue weighted by Crippen LogP contribution is 2.20. The molecule has 0 heterocycles. The molecule has 0 unspecified atom stereocenters. The first-order valence-corrected chi connectivity index (χ1v) is 7.85. The molecule has 0 atom stereocenters. The van der Waals surface area contributed by atoms with Gasteiger partial charge >= 0.3 is 0 Å². The van der Waals surface area contributed by atoms with Crippen molar-refractivity contribution in [1.29, 1.82) is 0 Å². The fraction of sp³-hybridized carbons (Fsp3) is 0.0556. The number of carbonyl (C=O) groups is 1. The van der Waals surface area contributed by atoms with Crippen LogP contribution in [0.25, 0.3) is 10.8 Å². The number of fused-ring (bicyclic) bond motifs is 1. The minimum absolute atomic E-state index is 0.0769. The molecule has 0 fully saturated rings. The van der Waals surface area contributed by atoms with Crippen LogP contribution < -0.4 is 9.46 Å². The molecule has 1 amide bonds. The number of ether oxygens (including phenoxy) is 1. The zero-order chi connectivity index (χ0) is 16.1. The summed E-state index contributed by atoms with van der Waals surface area (Å²) in [6.07, 6.45) is 0. The van der Waals surface area contributed by atoms with Crippen molar-refractivity contribution in [2.24, 2.45) is 0 Å². The van der Waals surface area contributed by atoms with E-state index in [0.29, 0.717) is 5.75 Å². The first kappa shape index (κ1) is 15.4. The van der Waals surface area contributed by atoms with Crippen LogP contribution in [0, 0.1) is 5.82 Å². The maximum atomic E-state index is 12.8. The molecule has 0 aliphatic rings. The number of carbonyl (C=O) groups excluding carboxylic acids is 1. The van der Waals surface area contributed by atoms with Gasteiger partial charge in [-0.15, -0.1) is 0 Å². The van der Waals surface area contributed by atoms with Gasteiger partial charge in [-0.05, 0) is 59.1 Å². The Kier molecular flexibility index (Phi) is 4.78. The lowest BCUT2D eigenvalue weighted by Gasteiger charge is -2.08. The second-order valence-corrected chi connectivity index (χ2v) is 5.76. The maximum Gasteiger partial charge on any atom is 0.267 e. The monoisotopic (exact) mass is 327 g/mol. The Morgan fingerprint density at radius 1 is 1.00 bits per heavy atom. The molecule has 23 heavy (non-hydrogen) atoms. The van der Waals surface area contributed by atoms with Gasteiger partial charge in [0, 0.05) is 4.90 Å². The van der Waals surface area contributed by atoms with Crippen LogP contribution in [-0.2, 0) is 4.79 Å². The van der Waals surface area contributed by atoms with Gasteiger partial charge in [-0.3, -0.25) is 9.52 Å². The summed E-state index contributed by atoms with van der Waals surface area (Å²) in [5.41, 5.74) is 0. The largest absolute Gasteiger partial charge is 0.484 e. The standard InChI is InChI=1S/C18H14FNO2S/c19-15-6-9-17(10-7-15)23-20-18(21)12-22-16-8-5-13-3-1-2-4-14(13)11-16/h1-11H,12H2,(H,20,21). The Balaban J connectivity index is 1.52. The van der Waals surface area contributed by atoms with Crippen LogP contribution in [0.2, 0.25) is 0 Å². The molecule has 3 nitrogen and oxygen atoms in total. The van der Waals surface area contributed by atoms with Gasteiger partial charge in [-0.1, -0.05) is 30.3 Å². The third kappa shape index (κ3) is 4.23. The Morgan fingerprint density at radius 3 is 2.52 bits per heavy atom. The van der Waals surface area contributed by atoms with Gasteiger partial charge in [0.15, 0.2) is 6.61 Å². The van der Waals surface area contributed by atoms with Gasteiger partial charge < -0.3 is 4.74 Å². The average Bonchev–Trinajstić information content (AvgIpc) is 2.59. The lowest BCUT2D eigenvalue weighted by atomic mass is 10.1. The smallest absolute Gasteiger partial charge is 0.267 e. The van der Waals surface area contributed by atoms with Gasteiger partial charge in [0.05, 0.1) is 0 Å². The van der Waals surface area contributed by atoms with Gasteiger partial charge in [-0.25, -0.2) is 4.39 Å². The van der Waals surface area contributed by atoms with Crippen molar-refractivity contribution in [3.63, 3.8) is 0 Å². The predicted molar refractivity (Wildman–Crippen MR) is 89.8 cm³/mol. The lowest BCUT2D eigenvalue weighted by Crippen LogP contribution is -2.23. The van der Waals surface area contributed by atoms with Crippen LogP contribution in [0.1, 0.15) is 0 Å². The van der Waals surface area contributed by atoms with Crippen LogP contribution in [0.15, 0.2) is 71.6 Å². The molecule has 3 aromatic rings. The summed E-state index contributed by atoms with van der Waals surface area (Å²) in [4.78, 5) is 12.5. The normalized spacial score (nSPS) is 10.5. The van der Waals surface area contributed by atoms with E-state index < -0.39 is 0 Å². The molecule has 0 aromatic heterocycles. The molecule has 0 radical (unpaired) electrons. The Bertz CT molecular complexity index is 821. The van der Waals surface area contributed by atoms with E-state index >= 15 is 0 Å².